The topological polar surface area (TPSA) is 92.7 Å². The standard InChI is InChI=1S/C20H24N4O3/c21-10-13-22(11-8-16-4-2-1-3-5-16)15-20(25)23-12-9-17-6-7-18(24(26)27)14-19(17)23/h1-7,14H,8-13,15,21H2. The Morgan fingerprint density at radius 1 is 1.19 bits per heavy atom. The van der Waals surface area contributed by atoms with Crippen LogP contribution in [-0.4, -0.2) is 48.5 Å². The Morgan fingerprint density at radius 2 is 1.96 bits per heavy atom. The summed E-state index contributed by atoms with van der Waals surface area (Å²) < 4.78 is 0. The van der Waals surface area contributed by atoms with Crippen LogP contribution in [0.2, 0.25) is 0 Å². The number of nitro benzene ring substituents is 1. The van der Waals surface area contributed by atoms with Crippen LogP contribution in [-0.2, 0) is 17.6 Å². The fraction of sp³-hybridized carbons (Fsp3) is 0.350. The molecule has 1 amide bonds. The molecule has 0 saturated heterocycles. The zero-order chi connectivity index (χ0) is 19.2. The molecule has 0 radical (unpaired) electrons. The molecular formula is C20H24N4O3. The molecule has 0 aromatic heterocycles. The van der Waals surface area contributed by atoms with Crippen LogP contribution >= 0.6 is 0 Å². The van der Waals surface area contributed by atoms with Crippen molar-refractivity contribution in [3.63, 3.8) is 0 Å². The van der Waals surface area contributed by atoms with E-state index in [-0.39, 0.29) is 18.1 Å². The maximum Gasteiger partial charge on any atom is 0.271 e. The van der Waals surface area contributed by atoms with Gasteiger partial charge in [-0.1, -0.05) is 36.4 Å². The van der Waals surface area contributed by atoms with Crippen molar-refractivity contribution in [1.82, 2.24) is 4.90 Å². The number of fused-ring (bicyclic) bond motifs is 1. The number of hydrogen-bond donors (Lipinski definition) is 1. The summed E-state index contributed by atoms with van der Waals surface area (Å²) >= 11 is 0. The number of anilines is 1. The predicted molar refractivity (Wildman–Crippen MR) is 105 cm³/mol. The summed E-state index contributed by atoms with van der Waals surface area (Å²) in [6.07, 6.45) is 1.57. The van der Waals surface area contributed by atoms with Gasteiger partial charge in [-0.2, -0.15) is 0 Å². The van der Waals surface area contributed by atoms with Gasteiger partial charge < -0.3 is 10.6 Å². The summed E-state index contributed by atoms with van der Waals surface area (Å²) in [5.74, 6) is -0.0456. The number of carbonyl (C=O) groups is 1. The van der Waals surface area contributed by atoms with E-state index in [4.69, 9.17) is 5.73 Å². The molecule has 0 bridgehead atoms. The Balaban J connectivity index is 1.66. The maximum atomic E-state index is 12.9. The fourth-order valence-corrected chi connectivity index (χ4v) is 3.40. The summed E-state index contributed by atoms with van der Waals surface area (Å²) in [6, 6.07) is 14.9. The van der Waals surface area contributed by atoms with Crippen LogP contribution in [0.15, 0.2) is 48.5 Å². The number of hydrogen-bond acceptors (Lipinski definition) is 5. The molecule has 7 heteroatoms. The van der Waals surface area contributed by atoms with Gasteiger partial charge in [0, 0.05) is 38.3 Å². The molecule has 0 atom stereocenters. The van der Waals surface area contributed by atoms with Gasteiger partial charge in [-0.25, -0.2) is 0 Å². The number of amides is 1. The molecule has 0 spiro atoms. The van der Waals surface area contributed by atoms with Gasteiger partial charge in [0.05, 0.1) is 17.2 Å². The number of benzene rings is 2. The number of rotatable bonds is 8. The molecule has 1 heterocycles. The molecule has 0 aliphatic carbocycles. The fourth-order valence-electron chi connectivity index (χ4n) is 3.40. The summed E-state index contributed by atoms with van der Waals surface area (Å²) in [6.45, 7) is 2.66. The SMILES string of the molecule is NCCN(CCc1ccccc1)CC(=O)N1CCc2ccc([N+](=O)[O-])cc21. The summed E-state index contributed by atoms with van der Waals surface area (Å²) in [4.78, 5) is 27.2. The third-order valence-corrected chi connectivity index (χ3v) is 4.84. The van der Waals surface area contributed by atoms with Gasteiger partial charge in [0.15, 0.2) is 0 Å². The molecule has 0 unspecified atom stereocenters. The predicted octanol–water partition coefficient (Wildman–Crippen LogP) is 1.99. The molecule has 142 valence electrons. The monoisotopic (exact) mass is 368 g/mol. The lowest BCUT2D eigenvalue weighted by molar-refractivity contribution is -0.384. The van der Waals surface area contributed by atoms with E-state index in [9.17, 15) is 14.9 Å². The Morgan fingerprint density at radius 3 is 2.67 bits per heavy atom. The first kappa shape index (κ1) is 19.0. The van der Waals surface area contributed by atoms with Crippen molar-refractivity contribution in [1.29, 1.82) is 0 Å². The van der Waals surface area contributed by atoms with Gasteiger partial charge in [-0.3, -0.25) is 19.8 Å². The molecule has 3 rings (SSSR count). The normalized spacial score (nSPS) is 13.0. The highest BCUT2D eigenvalue weighted by atomic mass is 16.6. The first-order valence-corrected chi connectivity index (χ1v) is 9.12. The number of non-ortho nitro benzene ring substituents is 1. The third kappa shape index (κ3) is 4.69. The van der Waals surface area contributed by atoms with Crippen LogP contribution in [0.4, 0.5) is 11.4 Å². The van der Waals surface area contributed by atoms with E-state index in [1.165, 1.54) is 17.7 Å². The van der Waals surface area contributed by atoms with Crippen molar-refractivity contribution >= 4 is 17.3 Å². The molecular weight excluding hydrogens is 344 g/mol. The molecule has 7 nitrogen and oxygen atoms in total. The molecule has 27 heavy (non-hydrogen) atoms. The summed E-state index contributed by atoms with van der Waals surface area (Å²) in [5, 5.41) is 11.0. The highest BCUT2D eigenvalue weighted by molar-refractivity contribution is 5.97. The van der Waals surface area contributed by atoms with Crippen LogP contribution in [0.1, 0.15) is 11.1 Å². The number of nitrogens with zero attached hydrogens (tertiary/aromatic N) is 3. The van der Waals surface area contributed by atoms with Crippen LogP contribution in [0.5, 0.6) is 0 Å². The van der Waals surface area contributed by atoms with Crippen LogP contribution in [0, 0.1) is 10.1 Å². The Bertz CT molecular complexity index is 810. The molecule has 0 fully saturated rings. The molecule has 1 aliphatic rings. The van der Waals surface area contributed by atoms with Crippen LogP contribution in [0.25, 0.3) is 0 Å². The van der Waals surface area contributed by atoms with E-state index in [1.807, 2.05) is 23.1 Å². The zero-order valence-electron chi connectivity index (χ0n) is 15.2. The molecule has 1 aliphatic heterocycles. The van der Waals surface area contributed by atoms with Crippen molar-refractivity contribution in [2.75, 3.05) is 37.6 Å². The third-order valence-electron chi connectivity index (χ3n) is 4.84. The van der Waals surface area contributed by atoms with E-state index >= 15 is 0 Å². The Labute approximate surface area is 158 Å². The molecule has 2 N–H and O–H groups in total. The van der Waals surface area contributed by atoms with Crippen molar-refractivity contribution in [3.05, 3.63) is 69.8 Å². The molecule has 2 aromatic rings. The largest absolute Gasteiger partial charge is 0.329 e. The molecule has 2 aromatic carbocycles. The number of nitro groups is 1. The number of carbonyl (C=O) groups excluding carboxylic acids is 1. The number of nitrogens with two attached hydrogens (primary N) is 1. The quantitative estimate of drug-likeness (QED) is 0.568. The lowest BCUT2D eigenvalue weighted by Gasteiger charge is -2.25. The van der Waals surface area contributed by atoms with E-state index in [0.29, 0.717) is 25.3 Å². The summed E-state index contributed by atoms with van der Waals surface area (Å²) in [5.41, 5.74) is 8.58. The van der Waals surface area contributed by atoms with Crippen LogP contribution < -0.4 is 10.6 Å². The lowest BCUT2D eigenvalue weighted by Crippen LogP contribution is -2.42. The van der Waals surface area contributed by atoms with E-state index in [0.717, 1.165) is 24.9 Å². The Hall–Kier alpha value is -2.77. The average molecular weight is 368 g/mol. The van der Waals surface area contributed by atoms with Crippen molar-refractivity contribution in [2.24, 2.45) is 5.73 Å². The minimum Gasteiger partial charge on any atom is -0.329 e. The average Bonchev–Trinajstić information content (AvgIpc) is 3.10. The first-order chi connectivity index (χ1) is 13.1. The highest BCUT2D eigenvalue weighted by Gasteiger charge is 2.27. The van der Waals surface area contributed by atoms with Gasteiger partial charge in [0.25, 0.3) is 5.69 Å². The second-order valence-corrected chi connectivity index (χ2v) is 6.67. The zero-order valence-corrected chi connectivity index (χ0v) is 15.2. The van der Waals surface area contributed by atoms with E-state index in [2.05, 4.69) is 12.1 Å². The maximum absolute atomic E-state index is 12.9. The van der Waals surface area contributed by atoms with E-state index < -0.39 is 4.92 Å². The van der Waals surface area contributed by atoms with Crippen LogP contribution in [0.3, 0.4) is 0 Å². The van der Waals surface area contributed by atoms with E-state index in [1.54, 1.807) is 11.0 Å². The van der Waals surface area contributed by atoms with Gasteiger partial charge in [0.2, 0.25) is 5.91 Å². The van der Waals surface area contributed by atoms with Gasteiger partial charge in [-0.05, 0) is 24.0 Å². The van der Waals surface area contributed by atoms with Gasteiger partial charge in [0.1, 0.15) is 0 Å². The second-order valence-electron chi connectivity index (χ2n) is 6.67. The summed E-state index contributed by atoms with van der Waals surface area (Å²) in [7, 11) is 0. The lowest BCUT2D eigenvalue weighted by atomic mass is 10.1. The molecule has 0 saturated carbocycles. The second kappa shape index (κ2) is 8.75. The first-order valence-electron chi connectivity index (χ1n) is 9.12. The smallest absolute Gasteiger partial charge is 0.271 e. The van der Waals surface area contributed by atoms with Crippen molar-refractivity contribution < 1.29 is 9.72 Å². The van der Waals surface area contributed by atoms with Gasteiger partial charge >= 0.3 is 0 Å². The minimum absolute atomic E-state index is 0.0105. The van der Waals surface area contributed by atoms with Gasteiger partial charge in [-0.15, -0.1) is 0 Å². The highest BCUT2D eigenvalue weighted by Crippen LogP contribution is 2.31. The Kier molecular flexibility index (Phi) is 6.16. The van der Waals surface area contributed by atoms with Crippen molar-refractivity contribution in [2.45, 2.75) is 12.8 Å². The minimum atomic E-state index is -0.429. The van der Waals surface area contributed by atoms with Crippen molar-refractivity contribution in [3.8, 4) is 0 Å².